The molecule has 0 saturated carbocycles. The van der Waals surface area contributed by atoms with E-state index in [-0.39, 0.29) is 12.4 Å². The third-order valence-electron chi connectivity index (χ3n) is 4.86. The number of hydrogen-bond donors (Lipinski definition) is 1. The number of hydrogen-bond acceptors (Lipinski definition) is 5. The maximum absolute atomic E-state index is 11.5. The molecule has 0 aliphatic heterocycles. The molecule has 0 fully saturated rings. The molecule has 1 amide bonds. The fraction of sp³-hybridized carbons (Fsp3) is 0.231. The first-order valence-corrected chi connectivity index (χ1v) is 10.5. The Morgan fingerprint density at radius 1 is 0.875 bits per heavy atom. The molecule has 3 rings (SSSR count). The summed E-state index contributed by atoms with van der Waals surface area (Å²) in [5, 5.41) is 0. The Labute approximate surface area is 187 Å². The highest BCUT2D eigenvalue weighted by Gasteiger charge is 2.12. The summed E-state index contributed by atoms with van der Waals surface area (Å²) in [6.45, 7) is 0.396. The van der Waals surface area contributed by atoms with E-state index >= 15 is 0 Å². The van der Waals surface area contributed by atoms with Crippen LogP contribution in [0.2, 0.25) is 0 Å². The lowest BCUT2D eigenvalue weighted by atomic mass is 10.0. The van der Waals surface area contributed by atoms with Crippen LogP contribution in [0.15, 0.2) is 72.8 Å². The molecule has 0 heterocycles. The molecule has 2 N–H and O–H groups in total. The first kappa shape index (κ1) is 22.9. The van der Waals surface area contributed by atoms with Gasteiger partial charge in [0.1, 0.15) is 17.2 Å². The smallest absolute Gasteiger partial charge is 0.305 e. The van der Waals surface area contributed by atoms with Crippen LogP contribution in [0.3, 0.4) is 0 Å². The van der Waals surface area contributed by atoms with Gasteiger partial charge < -0.3 is 19.9 Å². The normalized spacial score (nSPS) is 10.4. The quantitative estimate of drug-likeness (QED) is 0.343. The minimum absolute atomic E-state index is 0.0678. The Morgan fingerprint density at radius 3 is 2.38 bits per heavy atom. The van der Waals surface area contributed by atoms with Crippen LogP contribution in [0.4, 0.5) is 0 Å². The van der Waals surface area contributed by atoms with Crippen molar-refractivity contribution in [2.75, 3.05) is 13.7 Å². The topological polar surface area (TPSA) is 87.8 Å². The molecule has 0 bridgehead atoms. The summed E-state index contributed by atoms with van der Waals surface area (Å²) in [7, 11) is 1.37. The fourth-order valence-corrected chi connectivity index (χ4v) is 3.26. The minimum Gasteiger partial charge on any atom is -0.493 e. The van der Waals surface area contributed by atoms with Crippen LogP contribution in [0.5, 0.6) is 17.2 Å². The Morgan fingerprint density at radius 2 is 1.62 bits per heavy atom. The zero-order valence-corrected chi connectivity index (χ0v) is 18.1. The van der Waals surface area contributed by atoms with Crippen molar-refractivity contribution in [1.29, 1.82) is 0 Å². The van der Waals surface area contributed by atoms with Gasteiger partial charge in [-0.3, -0.25) is 9.59 Å². The molecule has 3 aromatic carbocycles. The van der Waals surface area contributed by atoms with Crippen LogP contribution >= 0.6 is 0 Å². The highest BCUT2D eigenvalue weighted by molar-refractivity contribution is 5.77. The molecule has 0 unspecified atom stereocenters. The van der Waals surface area contributed by atoms with Crippen LogP contribution in [-0.2, 0) is 20.7 Å². The Bertz CT molecular complexity index is 1050. The molecule has 0 saturated heterocycles. The van der Waals surface area contributed by atoms with Gasteiger partial charge in [0.15, 0.2) is 0 Å². The largest absolute Gasteiger partial charge is 0.493 e. The lowest BCUT2D eigenvalue weighted by Crippen LogP contribution is -2.14. The summed E-state index contributed by atoms with van der Waals surface area (Å²) in [5.74, 6) is 1.16. The van der Waals surface area contributed by atoms with E-state index in [1.54, 1.807) is 18.2 Å². The molecular formula is C26H27NO5. The summed E-state index contributed by atoms with van der Waals surface area (Å²) in [4.78, 5) is 22.7. The molecule has 0 aromatic heterocycles. The Kier molecular flexibility index (Phi) is 8.26. The van der Waals surface area contributed by atoms with Gasteiger partial charge in [0.25, 0.3) is 0 Å². The average molecular weight is 434 g/mol. The lowest BCUT2D eigenvalue weighted by Gasteiger charge is -2.15. The van der Waals surface area contributed by atoms with E-state index in [0.29, 0.717) is 48.7 Å². The zero-order valence-electron chi connectivity index (χ0n) is 18.1. The van der Waals surface area contributed by atoms with Crippen molar-refractivity contribution in [1.82, 2.24) is 0 Å². The highest BCUT2D eigenvalue weighted by Crippen LogP contribution is 2.35. The monoisotopic (exact) mass is 433 g/mol. The maximum atomic E-state index is 11.5. The first-order chi connectivity index (χ1) is 15.6. The summed E-state index contributed by atoms with van der Waals surface area (Å²) >= 11 is 0. The number of unbranched alkanes of at least 4 members (excludes halogenated alkanes) is 1. The third kappa shape index (κ3) is 6.60. The molecule has 0 atom stereocenters. The van der Waals surface area contributed by atoms with Gasteiger partial charge in [0.2, 0.25) is 5.91 Å². The number of para-hydroxylation sites is 1. The number of carbonyl (C=O) groups is 2. The second-order valence-corrected chi connectivity index (χ2v) is 7.26. The zero-order chi connectivity index (χ0) is 22.8. The van der Waals surface area contributed by atoms with Gasteiger partial charge in [-0.25, -0.2) is 0 Å². The SMILES string of the molecule is COC(=O)CCCCOc1cc(Oc2ccccc2-c2ccccc2)ccc1CC(N)=O. The van der Waals surface area contributed by atoms with Crippen molar-refractivity contribution in [3.05, 3.63) is 78.4 Å². The Hall–Kier alpha value is -3.80. The standard InChI is InChI=1S/C26H27NO5/c1-30-26(29)13-7-8-16-31-24-18-21(15-14-20(24)17-25(27)28)32-23-12-6-5-11-22(23)19-9-3-2-4-10-19/h2-6,9-12,14-15,18H,7-8,13,16-17H2,1H3,(H2,27,28). The van der Waals surface area contributed by atoms with E-state index in [4.69, 9.17) is 15.2 Å². The number of ether oxygens (including phenoxy) is 3. The number of primary amides is 1. The van der Waals surface area contributed by atoms with Gasteiger partial charge in [-0.05, 0) is 30.5 Å². The van der Waals surface area contributed by atoms with E-state index in [1.807, 2.05) is 54.6 Å². The number of nitrogens with two attached hydrogens (primary N) is 1. The van der Waals surface area contributed by atoms with E-state index in [2.05, 4.69) is 4.74 Å². The average Bonchev–Trinajstić information content (AvgIpc) is 2.81. The number of carbonyl (C=O) groups excluding carboxylic acids is 2. The maximum Gasteiger partial charge on any atom is 0.305 e. The van der Waals surface area contributed by atoms with E-state index < -0.39 is 5.91 Å². The van der Waals surface area contributed by atoms with Crippen LogP contribution < -0.4 is 15.2 Å². The predicted molar refractivity (Wildman–Crippen MR) is 123 cm³/mol. The lowest BCUT2D eigenvalue weighted by molar-refractivity contribution is -0.140. The summed E-state index contributed by atoms with van der Waals surface area (Å²) in [6, 6.07) is 23.1. The highest BCUT2D eigenvalue weighted by atomic mass is 16.5. The summed E-state index contributed by atoms with van der Waals surface area (Å²) < 4.78 is 16.7. The van der Waals surface area contributed by atoms with Gasteiger partial charge in [0, 0.05) is 23.6 Å². The van der Waals surface area contributed by atoms with Crippen molar-refractivity contribution < 1.29 is 23.8 Å². The van der Waals surface area contributed by atoms with E-state index in [0.717, 1.165) is 11.1 Å². The van der Waals surface area contributed by atoms with Crippen molar-refractivity contribution in [2.24, 2.45) is 5.73 Å². The van der Waals surface area contributed by atoms with Crippen molar-refractivity contribution >= 4 is 11.9 Å². The van der Waals surface area contributed by atoms with Crippen LogP contribution in [-0.4, -0.2) is 25.6 Å². The molecule has 6 nitrogen and oxygen atoms in total. The number of benzene rings is 3. The number of rotatable bonds is 11. The number of esters is 1. The molecule has 166 valence electrons. The third-order valence-corrected chi connectivity index (χ3v) is 4.86. The van der Waals surface area contributed by atoms with Crippen molar-refractivity contribution in [3.8, 4) is 28.4 Å². The van der Waals surface area contributed by atoms with Gasteiger partial charge in [-0.2, -0.15) is 0 Å². The van der Waals surface area contributed by atoms with Crippen LogP contribution in [0.25, 0.3) is 11.1 Å². The fourth-order valence-electron chi connectivity index (χ4n) is 3.26. The molecule has 0 spiro atoms. The van der Waals surface area contributed by atoms with Gasteiger partial charge >= 0.3 is 5.97 Å². The second-order valence-electron chi connectivity index (χ2n) is 7.26. The van der Waals surface area contributed by atoms with E-state index in [9.17, 15) is 9.59 Å². The molecule has 0 radical (unpaired) electrons. The van der Waals surface area contributed by atoms with Crippen molar-refractivity contribution in [2.45, 2.75) is 25.7 Å². The van der Waals surface area contributed by atoms with Gasteiger partial charge in [-0.1, -0.05) is 54.6 Å². The van der Waals surface area contributed by atoms with E-state index in [1.165, 1.54) is 7.11 Å². The second kappa shape index (κ2) is 11.6. The number of amides is 1. The molecular weight excluding hydrogens is 406 g/mol. The molecule has 0 aliphatic rings. The predicted octanol–water partition coefficient (Wildman–Crippen LogP) is 4.90. The van der Waals surface area contributed by atoms with Gasteiger partial charge in [-0.15, -0.1) is 0 Å². The molecule has 32 heavy (non-hydrogen) atoms. The Balaban J connectivity index is 1.76. The van der Waals surface area contributed by atoms with Gasteiger partial charge in [0.05, 0.1) is 20.1 Å². The molecule has 0 aliphatic carbocycles. The van der Waals surface area contributed by atoms with Crippen LogP contribution in [0, 0.1) is 0 Å². The van der Waals surface area contributed by atoms with Crippen LogP contribution in [0.1, 0.15) is 24.8 Å². The molecule has 3 aromatic rings. The first-order valence-electron chi connectivity index (χ1n) is 10.5. The molecule has 6 heteroatoms. The van der Waals surface area contributed by atoms with Crippen molar-refractivity contribution in [3.63, 3.8) is 0 Å². The summed E-state index contributed by atoms with van der Waals surface area (Å²) in [5.41, 5.74) is 8.10. The summed E-state index contributed by atoms with van der Waals surface area (Å²) in [6.07, 6.45) is 1.73. The minimum atomic E-state index is -0.441. The number of methoxy groups -OCH3 is 1.